The normalized spacial score (nSPS) is 10.3. The maximum absolute atomic E-state index is 11.5. The summed E-state index contributed by atoms with van der Waals surface area (Å²) in [6.07, 6.45) is 2.23. The molecule has 0 unspecified atom stereocenters. The highest BCUT2D eigenvalue weighted by Crippen LogP contribution is 2.15. The number of aromatic amines is 1. The monoisotopic (exact) mass is 245 g/mol. The first-order valence-corrected chi connectivity index (χ1v) is 5.79. The van der Waals surface area contributed by atoms with Crippen molar-refractivity contribution < 1.29 is 0 Å². The molecule has 0 saturated heterocycles. The molecule has 0 fully saturated rings. The Balaban J connectivity index is 2.41. The van der Waals surface area contributed by atoms with Gasteiger partial charge in [0, 0.05) is 12.3 Å². The Labute approximate surface area is 104 Å². The van der Waals surface area contributed by atoms with Gasteiger partial charge >= 0.3 is 5.69 Å². The molecule has 1 aromatic heterocycles. The lowest BCUT2D eigenvalue weighted by Crippen LogP contribution is -2.38. The van der Waals surface area contributed by atoms with Crippen LogP contribution in [0.4, 0.5) is 5.69 Å². The molecule has 0 amide bonds. The van der Waals surface area contributed by atoms with Gasteiger partial charge in [0.2, 0.25) is 0 Å². The van der Waals surface area contributed by atoms with Gasteiger partial charge in [-0.25, -0.2) is 4.79 Å². The number of rotatable bonds is 3. The number of aromatic nitrogens is 2. The van der Waals surface area contributed by atoms with Crippen LogP contribution in [0.3, 0.4) is 0 Å². The summed E-state index contributed by atoms with van der Waals surface area (Å²) in [6.45, 7) is 4.09. The van der Waals surface area contributed by atoms with Gasteiger partial charge in [-0.1, -0.05) is 13.0 Å². The minimum Gasteiger partial charge on any atom is -0.312 e. The van der Waals surface area contributed by atoms with Crippen LogP contribution in [0.15, 0.2) is 40.1 Å². The molecule has 0 aliphatic heterocycles. The zero-order valence-corrected chi connectivity index (χ0v) is 10.4. The average molecular weight is 245 g/mol. The fourth-order valence-electron chi connectivity index (χ4n) is 1.78. The van der Waals surface area contributed by atoms with E-state index in [0.717, 1.165) is 16.8 Å². The van der Waals surface area contributed by atoms with Crippen molar-refractivity contribution in [2.24, 2.45) is 0 Å². The Bertz CT molecular complexity index is 642. The van der Waals surface area contributed by atoms with E-state index < -0.39 is 11.2 Å². The summed E-state index contributed by atoms with van der Waals surface area (Å²) >= 11 is 0. The maximum atomic E-state index is 11.5. The molecular weight excluding hydrogens is 230 g/mol. The van der Waals surface area contributed by atoms with Crippen LogP contribution in [0.2, 0.25) is 0 Å². The SMILES string of the molecule is CCc1cc(Nn2c(=O)cc[nH]c2=O)ccc1C. The van der Waals surface area contributed by atoms with Gasteiger partial charge in [0.1, 0.15) is 0 Å². The van der Waals surface area contributed by atoms with Gasteiger partial charge in [-0.15, -0.1) is 0 Å². The Morgan fingerprint density at radius 1 is 1.28 bits per heavy atom. The molecule has 5 heteroatoms. The van der Waals surface area contributed by atoms with Crippen molar-refractivity contribution in [2.45, 2.75) is 20.3 Å². The number of nitrogens with zero attached hydrogens (tertiary/aromatic N) is 1. The molecular formula is C13H15N3O2. The van der Waals surface area contributed by atoms with Gasteiger partial charge in [-0.2, -0.15) is 4.68 Å². The smallest absolute Gasteiger partial charge is 0.312 e. The van der Waals surface area contributed by atoms with Crippen LogP contribution < -0.4 is 16.7 Å². The predicted octanol–water partition coefficient (Wildman–Crippen LogP) is 1.28. The van der Waals surface area contributed by atoms with Crippen molar-refractivity contribution in [3.8, 4) is 0 Å². The van der Waals surface area contributed by atoms with E-state index >= 15 is 0 Å². The number of anilines is 1. The van der Waals surface area contributed by atoms with E-state index in [1.54, 1.807) is 0 Å². The number of hydrogen-bond acceptors (Lipinski definition) is 3. The number of H-pyrrole nitrogens is 1. The first-order valence-electron chi connectivity index (χ1n) is 5.79. The van der Waals surface area contributed by atoms with Crippen molar-refractivity contribution in [3.63, 3.8) is 0 Å². The third-order valence-electron chi connectivity index (χ3n) is 2.83. The molecule has 2 aromatic rings. The van der Waals surface area contributed by atoms with E-state index in [4.69, 9.17) is 0 Å². The van der Waals surface area contributed by atoms with E-state index in [1.165, 1.54) is 23.4 Å². The predicted molar refractivity (Wildman–Crippen MR) is 70.9 cm³/mol. The first-order chi connectivity index (χ1) is 8.61. The highest BCUT2D eigenvalue weighted by atomic mass is 16.2. The van der Waals surface area contributed by atoms with Crippen LogP contribution in [-0.4, -0.2) is 9.66 Å². The highest BCUT2D eigenvalue weighted by molar-refractivity contribution is 5.48. The summed E-state index contributed by atoms with van der Waals surface area (Å²) in [6, 6.07) is 7.04. The molecule has 0 aliphatic rings. The minimum absolute atomic E-state index is 0.391. The van der Waals surface area contributed by atoms with Crippen molar-refractivity contribution in [3.05, 3.63) is 62.4 Å². The molecule has 0 radical (unpaired) electrons. The largest absolute Gasteiger partial charge is 0.347 e. The zero-order chi connectivity index (χ0) is 13.1. The van der Waals surface area contributed by atoms with Crippen LogP contribution in [0, 0.1) is 6.92 Å². The molecule has 0 aliphatic carbocycles. The van der Waals surface area contributed by atoms with E-state index in [-0.39, 0.29) is 0 Å². The summed E-state index contributed by atoms with van der Waals surface area (Å²) in [5.74, 6) is 0. The Hall–Kier alpha value is -2.30. The Morgan fingerprint density at radius 2 is 2.06 bits per heavy atom. The van der Waals surface area contributed by atoms with Gasteiger partial charge in [-0.3, -0.25) is 10.2 Å². The van der Waals surface area contributed by atoms with E-state index in [1.807, 2.05) is 25.1 Å². The quantitative estimate of drug-likeness (QED) is 0.856. The third-order valence-corrected chi connectivity index (χ3v) is 2.83. The second-order valence-electron chi connectivity index (χ2n) is 4.06. The van der Waals surface area contributed by atoms with Crippen LogP contribution in [0.1, 0.15) is 18.1 Å². The third kappa shape index (κ3) is 2.34. The molecule has 5 nitrogen and oxygen atoms in total. The first kappa shape index (κ1) is 12.2. The second kappa shape index (κ2) is 4.91. The Morgan fingerprint density at radius 3 is 2.72 bits per heavy atom. The second-order valence-corrected chi connectivity index (χ2v) is 4.06. The lowest BCUT2D eigenvalue weighted by atomic mass is 10.1. The molecule has 0 spiro atoms. The number of hydrogen-bond donors (Lipinski definition) is 2. The molecule has 2 N–H and O–H groups in total. The van der Waals surface area contributed by atoms with Crippen LogP contribution in [0.5, 0.6) is 0 Å². The van der Waals surface area contributed by atoms with E-state index in [9.17, 15) is 9.59 Å². The fourth-order valence-corrected chi connectivity index (χ4v) is 1.78. The molecule has 1 heterocycles. The summed E-state index contributed by atoms with van der Waals surface area (Å²) < 4.78 is 0.949. The van der Waals surface area contributed by atoms with Crippen LogP contribution in [-0.2, 0) is 6.42 Å². The minimum atomic E-state index is -0.485. The van der Waals surface area contributed by atoms with E-state index in [2.05, 4.69) is 17.3 Å². The van der Waals surface area contributed by atoms with E-state index in [0.29, 0.717) is 0 Å². The molecule has 18 heavy (non-hydrogen) atoms. The number of aryl methyl sites for hydroxylation is 2. The van der Waals surface area contributed by atoms with Crippen LogP contribution in [0.25, 0.3) is 0 Å². The molecule has 0 atom stereocenters. The molecule has 1 aromatic carbocycles. The van der Waals surface area contributed by atoms with Crippen LogP contribution >= 0.6 is 0 Å². The van der Waals surface area contributed by atoms with Gasteiger partial charge in [-0.05, 0) is 36.6 Å². The van der Waals surface area contributed by atoms with Gasteiger partial charge in [0.25, 0.3) is 5.56 Å². The summed E-state index contributed by atoms with van der Waals surface area (Å²) in [7, 11) is 0. The molecule has 0 saturated carbocycles. The van der Waals surface area contributed by atoms with Crippen molar-refractivity contribution in [1.29, 1.82) is 0 Å². The summed E-state index contributed by atoms with van der Waals surface area (Å²) in [4.78, 5) is 25.5. The lowest BCUT2D eigenvalue weighted by Gasteiger charge is -2.10. The molecule has 94 valence electrons. The molecule has 0 bridgehead atoms. The summed E-state index contributed by atoms with van der Waals surface area (Å²) in [5, 5.41) is 0. The maximum Gasteiger partial charge on any atom is 0.347 e. The highest BCUT2D eigenvalue weighted by Gasteiger charge is 2.02. The zero-order valence-electron chi connectivity index (χ0n) is 10.4. The van der Waals surface area contributed by atoms with Gasteiger partial charge in [0.05, 0.1) is 5.69 Å². The van der Waals surface area contributed by atoms with Gasteiger partial charge in [0.15, 0.2) is 0 Å². The topological polar surface area (TPSA) is 66.9 Å². The van der Waals surface area contributed by atoms with Crippen molar-refractivity contribution >= 4 is 5.69 Å². The van der Waals surface area contributed by atoms with Crippen molar-refractivity contribution in [2.75, 3.05) is 5.43 Å². The average Bonchev–Trinajstić information content (AvgIpc) is 2.36. The number of nitrogens with one attached hydrogen (secondary N) is 2. The molecule has 2 rings (SSSR count). The number of benzene rings is 1. The van der Waals surface area contributed by atoms with Gasteiger partial charge < -0.3 is 4.98 Å². The lowest BCUT2D eigenvalue weighted by molar-refractivity contribution is 0.807. The fraction of sp³-hybridized carbons (Fsp3) is 0.231. The van der Waals surface area contributed by atoms with Crippen molar-refractivity contribution in [1.82, 2.24) is 9.66 Å². The standard InChI is InChI=1S/C13H15N3O2/c1-3-10-8-11(5-4-9(10)2)15-16-12(17)6-7-14-13(16)18/h4-8,15H,3H2,1-2H3,(H,14,18). The Kier molecular flexibility index (Phi) is 3.32. The summed E-state index contributed by atoms with van der Waals surface area (Å²) in [5.41, 5.74) is 5.02.